The molecule has 1 aromatic carbocycles. The van der Waals surface area contributed by atoms with E-state index in [0.717, 1.165) is 24.1 Å². The molecule has 1 amide bonds. The molecule has 0 atom stereocenters. The minimum atomic E-state index is -0.0420. The van der Waals surface area contributed by atoms with E-state index < -0.39 is 0 Å². The highest BCUT2D eigenvalue weighted by molar-refractivity contribution is 6.05. The fraction of sp³-hybridized carbons (Fsp3) is 0.385. The van der Waals surface area contributed by atoms with Crippen LogP contribution in [0.1, 0.15) is 58.6 Å². The van der Waals surface area contributed by atoms with Gasteiger partial charge in [0.1, 0.15) is 0 Å². The van der Waals surface area contributed by atoms with Crippen molar-refractivity contribution in [3.63, 3.8) is 0 Å². The number of hydrogen-bond acceptors (Lipinski definition) is 2. The van der Waals surface area contributed by atoms with E-state index in [1.54, 1.807) is 0 Å². The standard InChI is InChI=1S/C20H26N2O.C4H8.C2H4/c1-4-15(3)14-21-12-11-16(5-2)20(23)22-19-10-9-17-7-6-8-18(17)13-19;1-3-4-2;1-2/h4-5,9-10,12-13H,6-8,11,14H2,1-3H3,(H,22,23);3-4H,1-2H3;1-2H2/b15-4+,16-5+,21-12?;4-3-;. The lowest BCUT2D eigenvalue weighted by atomic mass is 10.1. The van der Waals surface area contributed by atoms with Crippen LogP contribution in [0, 0.1) is 0 Å². The number of fused-ring (bicyclic) bond motifs is 1. The fourth-order valence-electron chi connectivity index (χ4n) is 2.67. The number of rotatable bonds is 6. The van der Waals surface area contributed by atoms with Crippen LogP contribution in [-0.2, 0) is 17.6 Å². The first-order valence-corrected chi connectivity index (χ1v) is 10.3. The van der Waals surface area contributed by atoms with E-state index in [1.165, 1.54) is 23.1 Å². The Balaban J connectivity index is 0.00000116. The van der Waals surface area contributed by atoms with Crippen molar-refractivity contribution in [1.29, 1.82) is 0 Å². The van der Waals surface area contributed by atoms with Gasteiger partial charge in [-0.2, -0.15) is 0 Å². The van der Waals surface area contributed by atoms with Gasteiger partial charge in [-0.25, -0.2) is 0 Å². The predicted molar refractivity (Wildman–Crippen MR) is 130 cm³/mol. The summed E-state index contributed by atoms with van der Waals surface area (Å²) in [6.07, 6.45) is 13.8. The Morgan fingerprint density at radius 3 is 2.31 bits per heavy atom. The van der Waals surface area contributed by atoms with Crippen molar-refractivity contribution in [1.82, 2.24) is 0 Å². The Morgan fingerprint density at radius 2 is 1.72 bits per heavy atom. The van der Waals surface area contributed by atoms with Crippen LogP contribution >= 0.6 is 0 Å². The fourth-order valence-corrected chi connectivity index (χ4v) is 2.67. The van der Waals surface area contributed by atoms with Crippen molar-refractivity contribution < 1.29 is 4.79 Å². The summed E-state index contributed by atoms with van der Waals surface area (Å²) in [7, 11) is 0. The zero-order valence-corrected chi connectivity index (χ0v) is 18.9. The SMILES string of the molecule is C/C=C(\C)CN=CC/C(=C\C)C(=O)Nc1ccc2c(c1)CCC2.C/C=C\C.C=C. The molecule has 0 spiro atoms. The van der Waals surface area contributed by atoms with E-state index in [1.807, 2.05) is 58.2 Å². The van der Waals surface area contributed by atoms with Crippen LogP contribution in [0.2, 0.25) is 0 Å². The number of hydrogen-bond donors (Lipinski definition) is 1. The van der Waals surface area contributed by atoms with Crippen LogP contribution in [0.15, 0.2) is 71.8 Å². The van der Waals surface area contributed by atoms with Crippen molar-refractivity contribution in [2.24, 2.45) is 4.99 Å². The zero-order valence-electron chi connectivity index (χ0n) is 18.9. The van der Waals surface area contributed by atoms with Gasteiger partial charge in [0, 0.05) is 23.9 Å². The number of nitrogens with zero attached hydrogens (tertiary/aromatic N) is 1. The lowest BCUT2D eigenvalue weighted by molar-refractivity contribution is -0.112. The molecule has 3 heteroatoms. The highest BCUT2D eigenvalue weighted by Crippen LogP contribution is 2.25. The van der Waals surface area contributed by atoms with Gasteiger partial charge in [0.15, 0.2) is 0 Å². The maximum Gasteiger partial charge on any atom is 0.251 e. The first-order chi connectivity index (χ1) is 14.0. The lowest BCUT2D eigenvalue weighted by Gasteiger charge is -2.09. The van der Waals surface area contributed by atoms with Crippen LogP contribution in [0.4, 0.5) is 5.69 Å². The Morgan fingerprint density at radius 1 is 1.07 bits per heavy atom. The average Bonchev–Trinajstić information content (AvgIpc) is 3.23. The summed E-state index contributed by atoms with van der Waals surface area (Å²) in [5, 5.41) is 3.00. The Hall–Kier alpha value is -2.68. The molecule has 0 radical (unpaired) electrons. The molecule has 1 aliphatic carbocycles. The predicted octanol–water partition coefficient (Wildman–Crippen LogP) is 6.87. The van der Waals surface area contributed by atoms with Gasteiger partial charge in [0.25, 0.3) is 5.91 Å². The Bertz CT molecular complexity index is 735. The number of nitrogens with one attached hydrogen (secondary N) is 1. The van der Waals surface area contributed by atoms with Crippen LogP contribution < -0.4 is 5.32 Å². The number of carbonyl (C=O) groups is 1. The van der Waals surface area contributed by atoms with Crippen molar-refractivity contribution in [2.45, 2.75) is 60.3 Å². The summed E-state index contributed by atoms with van der Waals surface area (Å²) >= 11 is 0. The molecule has 1 N–H and O–H groups in total. The maximum atomic E-state index is 12.4. The van der Waals surface area contributed by atoms with Crippen molar-refractivity contribution in [3.05, 3.63) is 77.9 Å². The number of allylic oxidation sites excluding steroid dienone is 4. The molecule has 0 aromatic heterocycles. The zero-order chi connectivity index (χ0) is 22.1. The van der Waals surface area contributed by atoms with E-state index in [9.17, 15) is 4.79 Å². The Labute approximate surface area is 178 Å². The lowest BCUT2D eigenvalue weighted by Crippen LogP contribution is -2.15. The van der Waals surface area contributed by atoms with Gasteiger partial charge in [0.2, 0.25) is 0 Å². The van der Waals surface area contributed by atoms with Crippen molar-refractivity contribution >= 4 is 17.8 Å². The summed E-state index contributed by atoms with van der Waals surface area (Å²) in [5.41, 5.74) is 5.64. The molecule has 1 aromatic rings. The maximum absolute atomic E-state index is 12.4. The second-order valence-corrected chi connectivity index (χ2v) is 6.63. The van der Waals surface area contributed by atoms with Crippen molar-refractivity contribution in [3.8, 4) is 0 Å². The highest BCUT2D eigenvalue weighted by Gasteiger charge is 2.13. The number of aryl methyl sites for hydroxylation is 2. The molecule has 0 saturated heterocycles. The number of anilines is 1. The summed E-state index contributed by atoms with van der Waals surface area (Å²) in [6.45, 7) is 16.6. The van der Waals surface area contributed by atoms with Gasteiger partial charge in [-0.05, 0) is 77.1 Å². The topological polar surface area (TPSA) is 41.5 Å². The number of carbonyl (C=O) groups excluding carboxylic acids is 1. The van der Waals surface area contributed by atoms with Gasteiger partial charge < -0.3 is 5.32 Å². The molecule has 2 rings (SSSR count). The van der Waals surface area contributed by atoms with Crippen molar-refractivity contribution in [2.75, 3.05) is 11.9 Å². The molecule has 0 bridgehead atoms. The smallest absolute Gasteiger partial charge is 0.251 e. The molecule has 3 nitrogen and oxygen atoms in total. The first-order valence-electron chi connectivity index (χ1n) is 10.3. The van der Waals surface area contributed by atoms with Gasteiger partial charge in [-0.3, -0.25) is 9.79 Å². The minimum absolute atomic E-state index is 0.0420. The third-order valence-corrected chi connectivity index (χ3v) is 4.60. The van der Waals surface area contributed by atoms with E-state index >= 15 is 0 Å². The largest absolute Gasteiger partial charge is 0.322 e. The molecule has 0 fully saturated rings. The second-order valence-electron chi connectivity index (χ2n) is 6.63. The van der Waals surface area contributed by atoms with Crippen LogP contribution in [0.5, 0.6) is 0 Å². The van der Waals surface area contributed by atoms with Gasteiger partial charge in [-0.1, -0.05) is 35.9 Å². The molecule has 29 heavy (non-hydrogen) atoms. The van der Waals surface area contributed by atoms with E-state index in [2.05, 4.69) is 48.6 Å². The van der Waals surface area contributed by atoms with E-state index in [-0.39, 0.29) is 5.91 Å². The molecule has 0 heterocycles. The number of amides is 1. The molecule has 0 aliphatic heterocycles. The van der Waals surface area contributed by atoms with Crippen LogP contribution in [0.25, 0.3) is 0 Å². The quantitative estimate of drug-likeness (QED) is 0.319. The van der Waals surface area contributed by atoms with Gasteiger partial charge in [0.05, 0.1) is 6.54 Å². The average molecular weight is 395 g/mol. The molecular formula is C26H38N2O. The molecule has 1 aliphatic rings. The summed E-state index contributed by atoms with van der Waals surface area (Å²) in [4.78, 5) is 16.7. The third kappa shape index (κ3) is 10.4. The van der Waals surface area contributed by atoms with Gasteiger partial charge >= 0.3 is 0 Å². The molecule has 0 saturated carbocycles. The normalized spacial score (nSPS) is 13.4. The summed E-state index contributed by atoms with van der Waals surface area (Å²) in [6, 6.07) is 6.24. The van der Waals surface area contributed by atoms with Crippen LogP contribution in [-0.4, -0.2) is 18.7 Å². The van der Waals surface area contributed by atoms with Gasteiger partial charge in [-0.15, -0.1) is 13.2 Å². The summed E-state index contributed by atoms with van der Waals surface area (Å²) in [5.74, 6) is -0.0420. The number of benzene rings is 1. The highest BCUT2D eigenvalue weighted by atomic mass is 16.1. The molecule has 0 unspecified atom stereocenters. The summed E-state index contributed by atoms with van der Waals surface area (Å²) < 4.78 is 0. The molecular weight excluding hydrogens is 356 g/mol. The minimum Gasteiger partial charge on any atom is -0.322 e. The van der Waals surface area contributed by atoms with E-state index in [0.29, 0.717) is 13.0 Å². The monoisotopic (exact) mass is 394 g/mol. The second kappa shape index (κ2) is 16.3. The van der Waals surface area contributed by atoms with E-state index in [4.69, 9.17) is 0 Å². The first kappa shape index (κ1) is 26.3. The number of aliphatic imine (C=N–C) groups is 1. The van der Waals surface area contributed by atoms with Crippen LogP contribution in [0.3, 0.4) is 0 Å². The third-order valence-electron chi connectivity index (χ3n) is 4.60. The Kier molecular flexibility index (Phi) is 14.8. The molecule has 158 valence electrons.